The SMILES string of the molecule is CCn1c(=O)n(CC(=O)N[C@H](C)Cc2ccc(Cl)cc2)c2ccccc21. The molecule has 0 aliphatic rings. The minimum Gasteiger partial charge on any atom is -0.352 e. The monoisotopic (exact) mass is 371 g/mol. The number of amides is 1. The lowest BCUT2D eigenvalue weighted by Gasteiger charge is -2.14. The number of imidazole rings is 1. The molecule has 1 heterocycles. The topological polar surface area (TPSA) is 56.0 Å². The zero-order chi connectivity index (χ0) is 18.7. The molecule has 2 aromatic carbocycles. The molecule has 5 nitrogen and oxygen atoms in total. The van der Waals surface area contributed by atoms with Crippen LogP contribution in [0.3, 0.4) is 0 Å². The number of hydrogen-bond acceptors (Lipinski definition) is 2. The molecule has 1 aromatic heterocycles. The Balaban J connectivity index is 1.72. The highest BCUT2D eigenvalue weighted by Crippen LogP contribution is 2.13. The quantitative estimate of drug-likeness (QED) is 0.723. The fraction of sp³-hybridized carbons (Fsp3) is 0.300. The molecule has 1 amide bonds. The number of halogens is 1. The highest BCUT2D eigenvalue weighted by molar-refractivity contribution is 6.30. The Hall–Kier alpha value is -2.53. The Bertz CT molecular complexity index is 973. The lowest BCUT2D eigenvalue weighted by Crippen LogP contribution is -2.38. The lowest BCUT2D eigenvalue weighted by molar-refractivity contribution is -0.122. The van der Waals surface area contributed by atoms with Crippen molar-refractivity contribution >= 4 is 28.5 Å². The number of rotatable bonds is 6. The first-order valence-electron chi connectivity index (χ1n) is 8.71. The van der Waals surface area contributed by atoms with Crippen LogP contribution in [0.4, 0.5) is 0 Å². The number of carbonyl (C=O) groups excluding carboxylic acids is 1. The van der Waals surface area contributed by atoms with Gasteiger partial charge in [0.05, 0.1) is 11.0 Å². The molecular formula is C20H22ClN3O2. The summed E-state index contributed by atoms with van der Waals surface area (Å²) in [6.07, 6.45) is 0.703. The molecule has 1 N–H and O–H groups in total. The van der Waals surface area contributed by atoms with Crippen LogP contribution >= 0.6 is 11.6 Å². The molecule has 136 valence electrons. The summed E-state index contributed by atoms with van der Waals surface area (Å²) in [6.45, 7) is 4.45. The number of fused-ring (bicyclic) bond motifs is 1. The third-order valence-corrected chi connectivity index (χ3v) is 4.66. The van der Waals surface area contributed by atoms with Crippen molar-refractivity contribution in [3.05, 3.63) is 69.6 Å². The molecule has 0 spiro atoms. The standard InChI is InChI=1S/C20H22ClN3O2/c1-3-23-17-6-4-5-7-18(17)24(20(23)26)13-19(25)22-14(2)12-15-8-10-16(21)11-9-15/h4-11,14H,3,12-13H2,1-2H3,(H,22,25)/t14-/m1/s1. The summed E-state index contributed by atoms with van der Waals surface area (Å²) in [5.41, 5.74) is 2.57. The summed E-state index contributed by atoms with van der Waals surface area (Å²) in [5, 5.41) is 3.66. The molecule has 0 saturated carbocycles. The molecule has 0 fully saturated rings. The summed E-state index contributed by atoms with van der Waals surface area (Å²) in [7, 11) is 0. The van der Waals surface area contributed by atoms with E-state index < -0.39 is 0 Å². The molecule has 0 aliphatic carbocycles. The van der Waals surface area contributed by atoms with Crippen LogP contribution in [0.1, 0.15) is 19.4 Å². The van der Waals surface area contributed by atoms with Crippen molar-refractivity contribution in [1.29, 1.82) is 0 Å². The number of carbonyl (C=O) groups is 1. The fourth-order valence-corrected chi connectivity index (χ4v) is 3.35. The van der Waals surface area contributed by atoms with E-state index in [1.807, 2.05) is 62.4 Å². The molecular weight excluding hydrogens is 350 g/mol. The summed E-state index contributed by atoms with van der Waals surface area (Å²) >= 11 is 5.90. The van der Waals surface area contributed by atoms with Crippen molar-refractivity contribution in [2.24, 2.45) is 0 Å². The van der Waals surface area contributed by atoms with E-state index in [4.69, 9.17) is 11.6 Å². The summed E-state index contributed by atoms with van der Waals surface area (Å²) in [4.78, 5) is 25.1. The van der Waals surface area contributed by atoms with Gasteiger partial charge in [-0.2, -0.15) is 0 Å². The molecule has 3 aromatic rings. The number of nitrogens with zero attached hydrogens (tertiary/aromatic N) is 2. The van der Waals surface area contributed by atoms with Gasteiger partial charge >= 0.3 is 5.69 Å². The maximum atomic E-state index is 12.6. The van der Waals surface area contributed by atoms with Crippen LogP contribution in [0.25, 0.3) is 11.0 Å². The van der Waals surface area contributed by atoms with E-state index >= 15 is 0 Å². The predicted molar refractivity (Wildman–Crippen MR) is 105 cm³/mol. The van der Waals surface area contributed by atoms with Gasteiger partial charge in [0.25, 0.3) is 0 Å². The molecule has 0 radical (unpaired) electrons. The van der Waals surface area contributed by atoms with Gasteiger partial charge in [-0.15, -0.1) is 0 Å². The third kappa shape index (κ3) is 3.83. The fourth-order valence-electron chi connectivity index (χ4n) is 3.22. The Labute approximate surface area is 157 Å². The van der Waals surface area contributed by atoms with Crippen LogP contribution in [0, 0.1) is 0 Å². The summed E-state index contributed by atoms with van der Waals surface area (Å²) in [5.74, 6) is -0.174. The molecule has 3 rings (SSSR count). The van der Waals surface area contributed by atoms with Crippen molar-refractivity contribution in [2.75, 3.05) is 0 Å². The normalized spacial score (nSPS) is 12.3. The van der Waals surface area contributed by atoms with Crippen molar-refractivity contribution in [1.82, 2.24) is 14.5 Å². The van der Waals surface area contributed by atoms with E-state index in [0.717, 1.165) is 16.6 Å². The smallest absolute Gasteiger partial charge is 0.329 e. The van der Waals surface area contributed by atoms with Crippen LogP contribution in [0.5, 0.6) is 0 Å². The lowest BCUT2D eigenvalue weighted by atomic mass is 10.1. The van der Waals surface area contributed by atoms with Crippen LogP contribution in [-0.4, -0.2) is 21.1 Å². The predicted octanol–water partition coefficient (Wildman–Crippen LogP) is 3.22. The van der Waals surface area contributed by atoms with Crippen LogP contribution < -0.4 is 11.0 Å². The second-order valence-corrected chi connectivity index (χ2v) is 6.84. The first kappa shape index (κ1) is 18.3. The number of hydrogen-bond donors (Lipinski definition) is 1. The average Bonchev–Trinajstić information content (AvgIpc) is 2.88. The van der Waals surface area contributed by atoms with Crippen LogP contribution in [-0.2, 0) is 24.3 Å². The number of para-hydroxylation sites is 2. The summed E-state index contributed by atoms with van der Waals surface area (Å²) < 4.78 is 3.21. The molecule has 26 heavy (non-hydrogen) atoms. The Morgan fingerprint density at radius 3 is 2.31 bits per heavy atom. The van der Waals surface area contributed by atoms with Crippen molar-refractivity contribution in [3.8, 4) is 0 Å². The van der Waals surface area contributed by atoms with E-state index in [1.165, 1.54) is 4.57 Å². The molecule has 0 bridgehead atoms. The van der Waals surface area contributed by atoms with Gasteiger partial charge in [-0.25, -0.2) is 4.79 Å². The first-order chi connectivity index (χ1) is 12.5. The average molecular weight is 372 g/mol. The highest BCUT2D eigenvalue weighted by Gasteiger charge is 2.15. The van der Waals surface area contributed by atoms with Gasteiger partial charge < -0.3 is 5.32 Å². The number of benzene rings is 2. The van der Waals surface area contributed by atoms with Gasteiger partial charge in [0.15, 0.2) is 0 Å². The maximum absolute atomic E-state index is 12.6. The first-order valence-corrected chi connectivity index (χ1v) is 9.09. The second kappa shape index (κ2) is 7.79. The zero-order valence-electron chi connectivity index (χ0n) is 14.9. The van der Waals surface area contributed by atoms with Crippen molar-refractivity contribution in [2.45, 2.75) is 39.4 Å². The van der Waals surface area contributed by atoms with Gasteiger partial charge in [0.2, 0.25) is 5.91 Å². The molecule has 6 heteroatoms. The van der Waals surface area contributed by atoms with Crippen LogP contribution in [0.15, 0.2) is 53.3 Å². The van der Waals surface area contributed by atoms with E-state index in [2.05, 4.69) is 5.32 Å². The Kier molecular flexibility index (Phi) is 5.47. The number of nitrogens with one attached hydrogen (secondary N) is 1. The van der Waals surface area contributed by atoms with Gasteiger partial charge in [0.1, 0.15) is 6.54 Å². The van der Waals surface area contributed by atoms with Crippen LogP contribution in [0.2, 0.25) is 5.02 Å². The zero-order valence-corrected chi connectivity index (χ0v) is 15.7. The molecule has 0 unspecified atom stereocenters. The van der Waals surface area contributed by atoms with Gasteiger partial charge in [-0.3, -0.25) is 13.9 Å². The Morgan fingerprint density at radius 1 is 1.08 bits per heavy atom. The largest absolute Gasteiger partial charge is 0.352 e. The molecule has 1 atom stereocenters. The molecule has 0 saturated heterocycles. The van der Waals surface area contributed by atoms with E-state index in [9.17, 15) is 9.59 Å². The minimum absolute atomic E-state index is 0.0112. The van der Waals surface area contributed by atoms with Crippen molar-refractivity contribution < 1.29 is 4.79 Å². The minimum atomic E-state index is -0.174. The van der Waals surface area contributed by atoms with E-state index in [0.29, 0.717) is 18.0 Å². The second-order valence-electron chi connectivity index (χ2n) is 6.40. The maximum Gasteiger partial charge on any atom is 0.329 e. The molecule has 0 aliphatic heterocycles. The highest BCUT2D eigenvalue weighted by atomic mass is 35.5. The summed E-state index contributed by atoms with van der Waals surface area (Å²) in [6, 6.07) is 15.1. The van der Waals surface area contributed by atoms with E-state index in [1.54, 1.807) is 4.57 Å². The Morgan fingerprint density at radius 2 is 1.69 bits per heavy atom. The van der Waals surface area contributed by atoms with Crippen molar-refractivity contribution in [3.63, 3.8) is 0 Å². The van der Waals surface area contributed by atoms with Gasteiger partial charge in [0, 0.05) is 17.6 Å². The third-order valence-electron chi connectivity index (χ3n) is 4.41. The van der Waals surface area contributed by atoms with Gasteiger partial charge in [-0.05, 0) is 50.1 Å². The number of aryl methyl sites for hydroxylation is 1. The number of aromatic nitrogens is 2. The van der Waals surface area contributed by atoms with E-state index in [-0.39, 0.29) is 24.2 Å². The van der Waals surface area contributed by atoms with Gasteiger partial charge in [-0.1, -0.05) is 35.9 Å².